The molecular weight excluding hydrogens is 670 g/mol. The number of rotatable bonds is 2. The van der Waals surface area contributed by atoms with Crippen molar-refractivity contribution < 1.29 is 14.0 Å². The maximum atomic E-state index is 13.3. The van der Waals surface area contributed by atoms with E-state index in [0.717, 1.165) is 86.8 Å². The number of hydrogen-bond acceptors (Lipinski definition) is 2. The number of hydrogen-bond donors (Lipinski definition) is 2. The van der Waals surface area contributed by atoms with Crippen LogP contribution in [-0.2, 0) is 13.1 Å². The molecule has 48 heavy (non-hydrogen) atoms. The first-order valence-electron chi connectivity index (χ1n) is 15.9. The third-order valence-electron chi connectivity index (χ3n) is 9.18. The van der Waals surface area contributed by atoms with E-state index in [-0.39, 0.29) is 17.6 Å². The molecule has 4 heterocycles. The summed E-state index contributed by atoms with van der Waals surface area (Å²) in [4.78, 5) is 24.9. The molecule has 4 aromatic carbocycles. The molecule has 2 N–H and O–H groups in total. The van der Waals surface area contributed by atoms with E-state index in [1.54, 1.807) is 12.1 Å². The zero-order chi connectivity index (χ0) is 33.7. The van der Waals surface area contributed by atoms with Crippen LogP contribution in [0.2, 0.25) is 15.1 Å². The third kappa shape index (κ3) is 5.74. The van der Waals surface area contributed by atoms with Crippen molar-refractivity contribution in [3.8, 4) is 22.3 Å². The van der Waals surface area contributed by atoms with Gasteiger partial charge in [0.2, 0.25) is 0 Å². The summed E-state index contributed by atoms with van der Waals surface area (Å²) < 4.78 is 17.5. The fourth-order valence-corrected chi connectivity index (χ4v) is 7.58. The van der Waals surface area contributed by atoms with Crippen molar-refractivity contribution >= 4 is 68.4 Å². The second-order valence-corrected chi connectivity index (χ2v) is 13.5. The first-order chi connectivity index (χ1) is 23.1. The Kier molecular flexibility index (Phi) is 8.71. The van der Waals surface area contributed by atoms with Crippen LogP contribution in [0.15, 0.2) is 72.8 Å². The van der Waals surface area contributed by atoms with Gasteiger partial charge in [0.15, 0.2) is 0 Å². The molecule has 0 radical (unpaired) electrons. The van der Waals surface area contributed by atoms with E-state index < -0.39 is 0 Å². The quantitative estimate of drug-likeness (QED) is 0.189. The zero-order valence-electron chi connectivity index (χ0n) is 26.4. The van der Waals surface area contributed by atoms with Gasteiger partial charge < -0.3 is 19.8 Å². The van der Waals surface area contributed by atoms with E-state index >= 15 is 0 Å². The highest BCUT2D eigenvalue weighted by Crippen LogP contribution is 2.39. The number of amides is 2. The van der Waals surface area contributed by atoms with E-state index in [4.69, 9.17) is 34.8 Å². The summed E-state index contributed by atoms with van der Waals surface area (Å²) >= 11 is 18.7. The molecule has 2 aliphatic heterocycles. The molecule has 0 atom stereocenters. The van der Waals surface area contributed by atoms with E-state index in [1.165, 1.54) is 12.1 Å². The van der Waals surface area contributed by atoms with E-state index in [0.29, 0.717) is 33.9 Å². The van der Waals surface area contributed by atoms with Crippen LogP contribution in [0.1, 0.15) is 44.9 Å². The summed E-state index contributed by atoms with van der Waals surface area (Å²) in [7, 11) is 0. The van der Waals surface area contributed by atoms with Gasteiger partial charge in [-0.25, -0.2) is 4.39 Å². The third-order valence-corrected chi connectivity index (χ3v) is 9.86. The molecule has 244 valence electrons. The van der Waals surface area contributed by atoms with Crippen molar-refractivity contribution in [2.75, 3.05) is 13.1 Å². The zero-order valence-corrected chi connectivity index (χ0v) is 28.7. The number of nitrogens with one attached hydrogen (secondary N) is 2. The minimum Gasteiger partial charge on any atom is -0.351 e. The Bertz CT molecular complexity index is 2080. The molecule has 6 nitrogen and oxygen atoms in total. The first kappa shape index (κ1) is 32.3. The highest BCUT2D eigenvalue weighted by molar-refractivity contribution is 6.33. The Balaban J connectivity index is 0.000000152. The average molecular weight is 702 g/mol. The summed E-state index contributed by atoms with van der Waals surface area (Å²) in [6.45, 7) is 6.87. The maximum Gasteiger partial charge on any atom is 0.268 e. The average Bonchev–Trinajstić information content (AvgIpc) is 3.29. The summed E-state index contributed by atoms with van der Waals surface area (Å²) in [6.07, 6.45) is 1.78. The second kappa shape index (κ2) is 13.0. The van der Waals surface area contributed by atoms with Crippen LogP contribution in [0.5, 0.6) is 0 Å². The molecule has 0 fully saturated rings. The van der Waals surface area contributed by atoms with Crippen molar-refractivity contribution in [2.24, 2.45) is 0 Å². The van der Waals surface area contributed by atoms with Gasteiger partial charge in [-0.05, 0) is 97.5 Å². The van der Waals surface area contributed by atoms with Crippen molar-refractivity contribution in [1.82, 2.24) is 19.8 Å². The van der Waals surface area contributed by atoms with Gasteiger partial charge in [-0.15, -0.1) is 0 Å². The van der Waals surface area contributed by atoms with Crippen molar-refractivity contribution in [3.05, 3.63) is 116 Å². The lowest BCUT2D eigenvalue weighted by Crippen LogP contribution is -2.23. The number of benzene rings is 4. The number of fused-ring (bicyclic) bond motifs is 6. The van der Waals surface area contributed by atoms with Gasteiger partial charge in [0.1, 0.15) is 17.2 Å². The fraction of sp³-hybridized carbons (Fsp3) is 0.211. The largest absolute Gasteiger partial charge is 0.351 e. The highest BCUT2D eigenvalue weighted by atomic mass is 35.5. The summed E-state index contributed by atoms with van der Waals surface area (Å²) in [5, 5.41) is 9.87. The van der Waals surface area contributed by atoms with E-state index in [1.807, 2.05) is 62.4 Å². The molecule has 10 heteroatoms. The predicted octanol–water partition coefficient (Wildman–Crippen LogP) is 9.60. The Labute approximate surface area is 292 Å². The number of aromatic nitrogens is 2. The van der Waals surface area contributed by atoms with Gasteiger partial charge in [0.05, 0.1) is 11.0 Å². The number of nitrogens with zero attached hydrogens (tertiary/aromatic N) is 2. The van der Waals surface area contributed by atoms with Crippen LogP contribution in [0, 0.1) is 19.7 Å². The number of carbonyl (C=O) groups is 2. The Morgan fingerprint density at radius 1 is 0.604 bits per heavy atom. The molecule has 0 spiro atoms. The lowest BCUT2D eigenvalue weighted by atomic mass is 10.0. The topological polar surface area (TPSA) is 68.1 Å². The van der Waals surface area contributed by atoms with Crippen LogP contribution in [0.4, 0.5) is 4.39 Å². The van der Waals surface area contributed by atoms with Crippen molar-refractivity contribution in [3.63, 3.8) is 0 Å². The van der Waals surface area contributed by atoms with Crippen LogP contribution in [-0.4, -0.2) is 34.0 Å². The fourth-order valence-electron chi connectivity index (χ4n) is 7.01. The standard InChI is InChI=1S/C19H16Cl2N2O.C19H16ClFN2O/c1-11-15-9-14(21)10-16(12-3-5-13(20)6-4-12)18(15)23-8-2-7-22-19(24)17(11)23;1-11-15-9-13(20)10-16(12-3-5-14(21)6-4-12)18(15)23-8-2-7-22-19(24)17(11)23/h2*3-6,9-10H,2,7-8H2,1H3,(H,22,24). The minimum absolute atomic E-state index is 0.0145. The predicted molar refractivity (Wildman–Crippen MR) is 193 cm³/mol. The van der Waals surface area contributed by atoms with Crippen LogP contribution in [0.3, 0.4) is 0 Å². The lowest BCUT2D eigenvalue weighted by Gasteiger charge is -2.11. The lowest BCUT2D eigenvalue weighted by molar-refractivity contribution is 0.0942. The molecule has 0 aliphatic carbocycles. The molecule has 0 saturated heterocycles. The molecule has 8 rings (SSSR count). The maximum absolute atomic E-state index is 13.3. The van der Waals surface area contributed by atoms with Gasteiger partial charge >= 0.3 is 0 Å². The molecule has 0 bridgehead atoms. The van der Waals surface area contributed by atoms with Crippen LogP contribution < -0.4 is 10.6 Å². The van der Waals surface area contributed by atoms with Gasteiger partial charge in [-0.3, -0.25) is 9.59 Å². The normalized spacial score (nSPS) is 14.4. The first-order valence-corrected chi connectivity index (χ1v) is 17.0. The van der Waals surface area contributed by atoms with E-state index in [9.17, 15) is 14.0 Å². The summed E-state index contributed by atoms with van der Waals surface area (Å²) in [5.74, 6) is -0.344. The van der Waals surface area contributed by atoms with Gasteiger partial charge in [-0.2, -0.15) is 0 Å². The molecule has 2 amide bonds. The Morgan fingerprint density at radius 2 is 1.02 bits per heavy atom. The number of halogens is 4. The van der Waals surface area contributed by atoms with Crippen molar-refractivity contribution in [2.45, 2.75) is 39.8 Å². The molecule has 0 saturated carbocycles. The Morgan fingerprint density at radius 3 is 1.46 bits per heavy atom. The molecule has 0 unspecified atom stereocenters. The smallest absolute Gasteiger partial charge is 0.268 e. The highest BCUT2D eigenvalue weighted by Gasteiger charge is 2.26. The summed E-state index contributed by atoms with van der Waals surface area (Å²) in [6, 6.07) is 21.8. The second-order valence-electron chi connectivity index (χ2n) is 12.2. The van der Waals surface area contributed by atoms with Crippen molar-refractivity contribution in [1.29, 1.82) is 0 Å². The Hall–Kier alpha value is -4.30. The SMILES string of the molecule is Cc1c2n(c3c(-c4ccc(Cl)cc4)cc(Cl)cc13)CCCNC2=O.Cc1c2n(c3c(-c4ccc(F)cc4)cc(Cl)cc13)CCCNC2=O. The molecular formula is C38H32Cl3FN4O2. The number of carbonyl (C=O) groups excluding carboxylic acids is 2. The monoisotopic (exact) mass is 700 g/mol. The van der Waals surface area contributed by atoms with E-state index in [2.05, 4.69) is 19.8 Å². The molecule has 6 aromatic rings. The minimum atomic E-state index is -0.276. The van der Waals surface area contributed by atoms with Crippen LogP contribution in [0.25, 0.3) is 44.1 Å². The molecule has 2 aromatic heterocycles. The van der Waals surface area contributed by atoms with Gasteiger partial charge in [-0.1, -0.05) is 59.1 Å². The van der Waals surface area contributed by atoms with Gasteiger partial charge in [0, 0.05) is 63.1 Å². The molecule has 2 aliphatic rings. The van der Waals surface area contributed by atoms with Crippen LogP contribution >= 0.6 is 34.8 Å². The summed E-state index contributed by atoms with van der Waals surface area (Å²) in [5.41, 5.74) is 9.23. The van der Waals surface area contributed by atoms with Gasteiger partial charge in [0.25, 0.3) is 11.8 Å². The number of aryl methyl sites for hydroxylation is 4.